The van der Waals surface area contributed by atoms with Gasteiger partial charge < -0.3 is 9.52 Å². The summed E-state index contributed by atoms with van der Waals surface area (Å²) in [7, 11) is 0. The first kappa shape index (κ1) is 15.7. The molecule has 0 spiro atoms. The number of H-pyrrole nitrogens is 1. The van der Waals surface area contributed by atoms with Crippen LogP contribution < -0.4 is 0 Å². The molecule has 3 heterocycles. The Morgan fingerprint density at radius 3 is 2.96 bits per heavy atom. The second-order valence-corrected chi connectivity index (χ2v) is 6.17. The lowest BCUT2D eigenvalue weighted by Crippen LogP contribution is -2.20. The second kappa shape index (κ2) is 6.95. The maximum absolute atomic E-state index is 11.1. The highest BCUT2D eigenvalue weighted by Gasteiger charge is 2.36. The largest absolute Gasteiger partial charge is 0.481 e. The van der Waals surface area contributed by atoms with E-state index < -0.39 is 5.97 Å². The first-order valence-corrected chi connectivity index (χ1v) is 8.03. The third-order valence-corrected chi connectivity index (χ3v) is 4.36. The number of carbonyl (C=O) groups is 1. The van der Waals surface area contributed by atoms with E-state index in [9.17, 15) is 4.79 Å². The highest BCUT2D eigenvalue weighted by Crippen LogP contribution is 2.34. The minimum atomic E-state index is -0.770. The summed E-state index contributed by atoms with van der Waals surface area (Å²) in [5.74, 6) is 1.31. The third kappa shape index (κ3) is 3.79. The zero-order chi connectivity index (χ0) is 16.2. The summed E-state index contributed by atoms with van der Waals surface area (Å²) in [5.41, 5.74) is 0.838. The van der Waals surface area contributed by atoms with Crippen LogP contribution in [-0.4, -0.2) is 44.5 Å². The van der Waals surface area contributed by atoms with Crippen molar-refractivity contribution in [2.75, 3.05) is 13.1 Å². The molecule has 1 fully saturated rings. The van der Waals surface area contributed by atoms with E-state index in [1.807, 2.05) is 12.1 Å². The van der Waals surface area contributed by atoms with E-state index in [0.717, 1.165) is 43.1 Å². The third-order valence-electron chi connectivity index (χ3n) is 4.36. The summed E-state index contributed by atoms with van der Waals surface area (Å²) in [6.45, 7) is 4.33. The highest BCUT2D eigenvalue weighted by molar-refractivity contribution is 5.67. The number of nitrogens with one attached hydrogen (secondary N) is 1. The van der Waals surface area contributed by atoms with E-state index >= 15 is 0 Å². The van der Waals surface area contributed by atoms with Crippen LogP contribution in [0.25, 0.3) is 0 Å². The number of aromatic nitrogens is 3. The standard InChI is InChI=1S/C16H22N4O3/c1-2-3-12-4-5-13(23-12)9-20-8-11(6-16(21)22)14(10-20)15-7-17-19-18-15/h4-5,7,11,14H,2-3,6,8-10H2,1H3,(H,21,22)(H,17,18,19)/t11-,14+/m1/s1. The summed E-state index contributed by atoms with van der Waals surface area (Å²) in [4.78, 5) is 13.4. The molecule has 1 saturated heterocycles. The van der Waals surface area contributed by atoms with Crippen LogP contribution in [0, 0.1) is 5.92 Å². The van der Waals surface area contributed by atoms with Crippen molar-refractivity contribution in [2.24, 2.45) is 5.92 Å². The number of carboxylic acid groups (broad SMARTS) is 1. The summed E-state index contributed by atoms with van der Waals surface area (Å²) in [6.07, 6.45) is 3.84. The minimum absolute atomic E-state index is 0.0441. The smallest absolute Gasteiger partial charge is 0.303 e. The van der Waals surface area contributed by atoms with E-state index in [4.69, 9.17) is 9.52 Å². The topological polar surface area (TPSA) is 95.2 Å². The average Bonchev–Trinajstić information content (AvgIpc) is 3.20. The van der Waals surface area contributed by atoms with Crippen LogP contribution in [0.3, 0.4) is 0 Å². The molecule has 0 aliphatic carbocycles. The first-order chi connectivity index (χ1) is 11.2. The van der Waals surface area contributed by atoms with Crippen LogP contribution in [0.4, 0.5) is 0 Å². The number of hydrogen-bond donors (Lipinski definition) is 2. The van der Waals surface area contributed by atoms with Crippen LogP contribution in [-0.2, 0) is 17.8 Å². The van der Waals surface area contributed by atoms with Crippen molar-refractivity contribution in [1.29, 1.82) is 0 Å². The van der Waals surface area contributed by atoms with E-state index in [-0.39, 0.29) is 18.3 Å². The van der Waals surface area contributed by atoms with Gasteiger partial charge in [0.05, 0.1) is 24.9 Å². The van der Waals surface area contributed by atoms with Gasteiger partial charge in [0.2, 0.25) is 0 Å². The molecule has 23 heavy (non-hydrogen) atoms. The van der Waals surface area contributed by atoms with E-state index in [1.165, 1.54) is 0 Å². The number of nitrogens with zero attached hydrogens (tertiary/aromatic N) is 3. The molecular formula is C16H22N4O3. The van der Waals surface area contributed by atoms with Crippen LogP contribution in [0.15, 0.2) is 22.7 Å². The molecule has 2 aromatic rings. The van der Waals surface area contributed by atoms with Crippen molar-refractivity contribution >= 4 is 5.97 Å². The van der Waals surface area contributed by atoms with Crippen molar-refractivity contribution in [3.63, 3.8) is 0 Å². The quantitative estimate of drug-likeness (QED) is 0.811. The van der Waals surface area contributed by atoms with E-state index in [2.05, 4.69) is 27.2 Å². The highest BCUT2D eigenvalue weighted by atomic mass is 16.4. The van der Waals surface area contributed by atoms with Gasteiger partial charge in [-0.15, -0.1) is 0 Å². The lowest BCUT2D eigenvalue weighted by atomic mass is 9.91. The van der Waals surface area contributed by atoms with Gasteiger partial charge in [-0.2, -0.15) is 15.4 Å². The number of furan rings is 1. The average molecular weight is 318 g/mol. The Morgan fingerprint density at radius 2 is 2.26 bits per heavy atom. The molecule has 0 radical (unpaired) electrons. The number of carboxylic acids is 1. The fourth-order valence-electron chi connectivity index (χ4n) is 3.35. The maximum Gasteiger partial charge on any atom is 0.303 e. The summed E-state index contributed by atoms with van der Waals surface area (Å²) in [6, 6.07) is 4.04. The van der Waals surface area contributed by atoms with Gasteiger partial charge in [0, 0.05) is 25.4 Å². The van der Waals surface area contributed by atoms with Gasteiger partial charge in [0.1, 0.15) is 11.5 Å². The van der Waals surface area contributed by atoms with Gasteiger partial charge in [0.25, 0.3) is 0 Å². The normalized spacial score (nSPS) is 21.8. The summed E-state index contributed by atoms with van der Waals surface area (Å²) in [5, 5.41) is 19.8. The molecule has 0 amide bonds. The van der Waals surface area contributed by atoms with Crippen LogP contribution >= 0.6 is 0 Å². The number of rotatable bonds is 7. The Hall–Kier alpha value is -2.15. The predicted octanol–water partition coefficient (Wildman–Crippen LogP) is 2.04. The number of hydrogen-bond acceptors (Lipinski definition) is 5. The fraction of sp³-hybridized carbons (Fsp3) is 0.562. The van der Waals surface area contributed by atoms with Crippen LogP contribution in [0.1, 0.15) is 42.9 Å². The van der Waals surface area contributed by atoms with Gasteiger partial charge in [-0.3, -0.25) is 9.69 Å². The Kier molecular flexibility index (Phi) is 4.76. The minimum Gasteiger partial charge on any atom is -0.481 e. The second-order valence-electron chi connectivity index (χ2n) is 6.17. The molecule has 2 atom stereocenters. The molecule has 0 aromatic carbocycles. The Morgan fingerprint density at radius 1 is 1.43 bits per heavy atom. The Labute approximate surface area is 134 Å². The Balaban J connectivity index is 1.67. The van der Waals surface area contributed by atoms with Crippen molar-refractivity contribution in [2.45, 2.75) is 38.6 Å². The molecule has 2 N–H and O–H groups in total. The van der Waals surface area contributed by atoms with Crippen molar-refractivity contribution in [3.05, 3.63) is 35.5 Å². The SMILES string of the molecule is CCCc1ccc(CN2C[C@@H](CC(=O)O)[C@@H](c3cn[nH]n3)C2)o1. The van der Waals surface area contributed by atoms with Crippen molar-refractivity contribution in [1.82, 2.24) is 20.3 Å². The Bertz CT molecular complexity index is 638. The molecule has 7 nitrogen and oxygen atoms in total. The lowest BCUT2D eigenvalue weighted by molar-refractivity contribution is -0.138. The maximum atomic E-state index is 11.1. The monoisotopic (exact) mass is 318 g/mol. The first-order valence-electron chi connectivity index (χ1n) is 8.03. The molecule has 1 aliphatic heterocycles. The molecule has 2 aromatic heterocycles. The lowest BCUT2D eigenvalue weighted by Gasteiger charge is -2.13. The molecule has 1 aliphatic rings. The summed E-state index contributed by atoms with van der Waals surface area (Å²) >= 11 is 0. The number of likely N-dealkylation sites (tertiary alicyclic amines) is 1. The van der Waals surface area contributed by atoms with Crippen molar-refractivity contribution < 1.29 is 14.3 Å². The van der Waals surface area contributed by atoms with Crippen molar-refractivity contribution in [3.8, 4) is 0 Å². The van der Waals surface area contributed by atoms with Gasteiger partial charge in [-0.05, 0) is 24.5 Å². The summed E-state index contributed by atoms with van der Waals surface area (Å²) < 4.78 is 5.84. The molecule has 3 rings (SSSR count). The predicted molar refractivity (Wildman–Crippen MR) is 82.8 cm³/mol. The molecular weight excluding hydrogens is 296 g/mol. The number of aliphatic carboxylic acids is 1. The molecule has 0 bridgehead atoms. The van der Waals surface area contributed by atoms with Gasteiger partial charge >= 0.3 is 5.97 Å². The molecule has 124 valence electrons. The van der Waals surface area contributed by atoms with Crippen LogP contribution in [0.5, 0.6) is 0 Å². The van der Waals surface area contributed by atoms with Gasteiger partial charge in [0.15, 0.2) is 0 Å². The zero-order valence-corrected chi connectivity index (χ0v) is 13.2. The fourth-order valence-corrected chi connectivity index (χ4v) is 3.35. The molecule has 0 saturated carbocycles. The van der Waals surface area contributed by atoms with Gasteiger partial charge in [-0.25, -0.2) is 0 Å². The van der Waals surface area contributed by atoms with E-state index in [0.29, 0.717) is 6.54 Å². The molecule has 7 heteroatoms. The number of aryl methyl sites for hydroxylation is 1. The van der Waals surface area contributed by atoms with E-state index in [1.54, 1.807) is 6.20 Å². The molecule has 0 unspecified atom stereocenters. The number of aromatic amines is 1. The van der Waals surface area contributed by atoms with Gasteiger partial charge in [-0.1, -0.05) is 6.92 Å². The zero-order valence-electron chi connectivity index (χ0n) is 13.2. The van der Waals surface area contributed by atoms with Crippen LogP contribution in [0.2, 0.25) is 0 Å².